The number of carbonyl (C=O) groups excluding carboxylic acids is 1. The fourth-order valence-corrected chi connectivity index (χ4v) is 5.99. The zero-order valence-electron chi connectivity index (χ0n) is 20.5. The molecule has 0 saturated heterocycles. The standard InChI is InChI=1S/C27H19BrClN3O6S/c1-3-37-26(34)23-14(2)30-27-31(24(23)15-4-6-16(29)7-5-15)25(33)22(39-27)13-18-9-11-21(38-18)19-10-8-17(32(35)36)12-20(19)28/h4-13,24H,3H2,1-2H3/b22-13-/t24-/m1/s1. The number of fused-ring (bicyclic) bond motifs is 1. The number of carbonyl (C=O) groups is 1. The summed E-state index contributed by atoms with van der Waals surface area (Å²) in [6.07, 6.45) is 1.61. The summed E-state index contributed by atoms with van der Waals surface area (Å²) >= 11 is 10.6. The number of benzene rings is 2. The van der Waals surface area contributed by atoms with Crippen LogP contribution in [-0.2, 0) is 9.53 Å². The highest BCUT2D eigenvalue weighted by molar-refractivity contribution is 9.10. The van der Waals surface area contributed by atoms with Gasteiger partial charge in [0.25, 0.3) is 11.2 Å². The molecule has 3 heterocycles. The molecule has 0 N–H and O–H groups in total. The molecule has 2 aromatic heterocycles. The average molecular weight is 629 g/mol. The van der Waals surface area contributed by atoms with E-state index in [4.69, 9.17) is 20.8 Å². The number of non-ortho nitro benzene ring substituents is 1. The van der Waals surface area contributed by atoms with Gasteiger partial charge in [-0.1, -0.05) is 35.1 Å². The van der Waals surface area contributed by atoms with E-state index in [1.54, 1.807) is 62.4 Å². The number of halogens is 2. The third kappa shape index (κ3) is 5.12. The zero-order valence-corrected chi connectivity index (χ0v) is 23.7. The van der Waals surface area contributed by atoms with Gasteiger partial charge >= 0.3 is 5.97 Å². The van der Waals surface area contributed by atoms with Gasteiger partial charge in [0.05, 0.1) is 33.4 Å². The van der Waals surface area contributed by atoms with Crippen molar-refractivity contribution < 1.29 is 18.9 Å². The number of nitro benzene ring substituents is 1. The molecular weight excluding hydrogens is 610 g/mol. The Morgan fingerprint density at radius 3 is 2.67 bits per heavy atom. The molecule has 0 radical (unpaired) electrons. The molecule has 12 heteroatoms. The summed E-state index contributed by atoms with van der Waals surface area (Å²) in [5.74, 6) is 0.331. The van der Waals surface area contributed by atoms with Gasteiger partial charge < -0.3 is 9.15 Å². The molecule has 198 valence electrons. The number of aromatic nitrogens is 1. The van der Waals surface area contributed by atoms with E-state index in [-0.39, 0.29) is 23.4 Å². The maximum atomic E-state index is 13.7. The number of ether oxygens (including phenoxy) is 1. The Bertz CT molecular complexity index is 1840. The Morgan fingerprint density at radius 2 is 2.00 bits per heavy atom. The lowest BCUT2D eigenvalue weighted by atomic mass is 9.96. The van der Waals surface area contributed by atoms with Crippen LogP contribution in [0.3, 0.4) is 0 Å². The molecule has 0 aliphatic carbocycles. The van der Waals surface area contributed by atoms with E-state index in [2.05, 4.69) is 20.9 Å². The number of esters is 1. The first kappa shape index (κ1) is 26.8. The molecule has 0 unspecified atom stereocenters. The lowest BCUT2D eigenvalue weighted by Crippen LogP contribution is -2.39. The average Bonchev–Trinajstić information content (AvgIpc) is 3.48. The van der Waals surface area contributed by atoms with Gasteiger partial charge in [-0.15, -0.1) is 0 Å². The van der Waals surface area contributed by atoms with Crippen molar-refractivity contribution in [1.82, 2.24) is 4.57 Å². The lowest BCUT2D eigenvalue weighted by Gasteiger charge is -2.24. The van der Waals surface area contributed by atoms with E-state index in [1.807, 2.05) is 0 Å². The number of allylic oxidation sites excluding steroid dienone is 1. The molecule has 0 bridgehead atoms. The molecule has 0 spiro atoms. The smallest absolute Gasteiger partial charge is 0.338 e. The molecule has 2 aromatic carbocycles. The highest BCUT2D eigenvalue weighted by Crippen LogP contribution is 2.33. The van der Waals surface area contributed by atoms with Gasteiger partial charge in [0, 0.05) is 33.3 Å². The van der Waals surface area contributed by atoms with Crippen LogP contribution in [0.15, 0.2) is 84.5 Å². The minimum absolute atomic E-state index is 0.0498. The van der Waals surface area contributed by atoms with Gasteiger partial charge in [0.15, 0.2) is 4.80 Å². The number of hydrogen-bond donors (Lipinski definition) is 0. The summed E-state index contributed by atoms with van der Waals surface area (Å²) in [5, 5.41) is 11.6. The van der Waals surface area contributed by atoms with Crippen LogP contribution in [0.25, 0.3) is 17.4 Å². The molecule has 0 saturated carbocycles. The van der Waals surface area contributed by atoms with Gasteiger partial charge in [0.2, 0.25) is 0 Å². The fraction of sp³-hybridized carbons (Fsp3) is 0.148. The number of rotatable bonds is 6. The highest BCUT2D eigenvalue weighted by atomic mass is 79.9. The molecule has 1 aliphatic heterocycles. The van der Waals surface area contributed by atoms with Crippen LogP contribution >= 0.6 is 38.9 Å². The third-order valence-electron chi connectivity index (χ3n) is 6.03. The molecule has 9 nitrogen and oxygen atoms in total. The van der Waals surface area contributed by atoms with Gasteiger partial charge in [-0.25, -0.2) is 9.79 Å². The van der Waals surface area contributed by atoms with Crippen molar-refractivity contribution in [3.63, 3.8) is 0 Å². The van der Waals surface area contributed by atoms with Gasteiger partial charge in [-0.05, 0) is 65.7 Å². The molecular formula is C27H19BrClN3O6S. The second kappa shape index (κ2) is 10.8. The predicted octanol–water partition coefficient (Wildman–Crippen LogP) is 5.38. The maximum Gasteiger partial charge on any atom is 0.338 e. The number of nitrogens with zero attached hydrogens (tertiary/aromatic N) is 3. The van der Waals surface area contributed by atoms with E-state index in [0.29, 0.717) is 47.2 Å². The van der Waals surface area contributed by atoms with E-state index < -0.39 is 16.9 Å². The fourth-order valence-electron chi connectivity index (χ4n) is 4.27. The van der Waals surface area contributed by atoms with E-state index in [9.17, 15) is 19.7 Å². The third-order valence-corrected chi connectivity index (χ3v) is 7.92. The van der Waals surface area contributed by atoms with Crippen molar-refractivity contribution in [3.05, 3.63) is 116 Å². The van der Waals surface area contributed by atoms with Crippen molar-refractivity contribution in [2.75, 3.05) is 6.61 Å². The molecule has 0 amide bonds. The molecule has 0 fully saturated rings. The highest BCUT2D eigenvalue weighted by Gasteiger charge is 2.33. The SMILES string of the molecule is CCOC(=O)C1=C(C)N=c2s/c(=C\c3ccc(-c4ccc([N+](=O)[O-])cc4Br)o3)c(=O)n2[C@@H]1c1ccc(Cl)cc1. The Balaban J connectivity index is 1.60. The number of furan rings is 1. The number of nitro groups is 1. The summed E-state index contributed by atoms with van der Waals surface area (Å²) in [7, 11) is 0. The van der Waals surface area contributed by atoms with Crippen molar-refractivity contribution in [1.29, 1.82) is 0 Å². The summed E-state index contributed by atoms with van der Waals surface area (Å²) in [6, 6.07) is 14.0. The number of thiazole rings is 1. The molecule has 4 aromatic rings. The first-order chi connectivity index (χ1) is 18.7. The molecule has 1 aliphatic rings. The molecule has 1 atom stereocenters. The van der Waals surface area contributed by atoms with Crippen LogP contribution in [-0.4, -0.2) is 22.1 Å². The first-order valence-corrected chi connectivity index (χ1v) is 13.7. The van der Waals surface area contributed by atoms with Crippen molar-refractivity contribution in [3.8, 4) is 11.3 Å². The normalized spacial score (nSPS) is 15.2. The summed E-state index contributed by atoms with van der Waals surface area (Å²) in [4.78, 5) is 42.2. The summed E-state index contributed by atoms with van der Waals surface area (Å²) in [5.41, 5.74) is 1.66. The van der Waals surface area contributed by atoms with Crippen LogP contribution in [0, 0.1) is 10.1 Å². The maximum absolute atomic E-state index is 13.7. The Labute approximate surface area is 238 Å². The van der Waals surface area contributed by atoms with Crippen molar-refractivity contribution >= 4 is 56.6 Å². The van der Waals surface area contributed by atoms with Crippen LogP contribution in [0.5, 0.6) is 0 Å². The van der Waals surface area contributed by atoms with E-state index >= 15 is 0 Å². The Kier molecular flexibility index (Phi) is 7.39. The summed E-state index contributed by atoms with van der Waals surface area (Å²) < 4.78 is 13.6. The Hall–Kier alpha value is -3.80. The zero-order chi connectivity index (χ0) is 27.8. The molecule has 5 rings (SSSR count). The van der Waals surface area contributed by atoms with Crippen LogP contribution < -0.4 is 14.9 Å². The topological polar surface area (TPSA) is 117 Å². The van der Waals surface area contributed by atoms with Gasteiger partial charge in [0.1, 0.15) is 11.5 Å². The second-order valence-electron chi connectivity index (χ2n) is 8.48. The van der Waals surface area contributed by atoms with Crippen LogP contribution in [0.2, 0.25) is 5.02 Å². The van der Waals surface area contributed by atoms with Gasteiger partial charge in [-0.2, -0.15) is 0 Å². The van der Waals surface area contributed by atoms with Crippen molar-refractivity contribution in [2.24, 2.45) is 4.99 Å². The predicted molar refractivity (Wildman–Crippen MR) is 150 cm³/mol. The largest absolute Gasteiger partial charge is 0.463 e. The van der Waals surface area contributed by atoms with Crippen molar-refractivity contribution in [2.45, 2.75) is 19.9 Å². The number of hydrogen-bond acceptors (Lipinski definition) is 8. The van der Waals surface area contributed by atoms with Crippen LogP contribution in [0.1, 0.15) is 31.2 Å². The molecule has 39 heavy (non-hydrogen) atoms. The van der Waals surface area contributed by atoms with Gasteiger partial charge in [-0.3, -0.25) is 19.5 Å². The first-order valence-electron chi connectivity index (χ1n) is 11.7. The lowest BCUT2D eigenvalue weighted by molar-refractivity contribution is -0.384. The minimum Gasteiger partial charge on any atom is -0.463 e. The quantitative estimate of drug-likeness (QED) is 0.161. The minimum atomic E-state index is -0.747. The second-order valence-corrected chi connectivity index (χ2v) is 10.8. The Morgan fingerprint density at radius 1 is 1.26 bits per heavy atom. The summed E-state index contributed by atoms with van der Waals surface area (Å²) in [6.45, 7) is 3.61. The van der Waals surface area contributed by atoms with E-state index in [0.717, 1.165) is 0 Å². The van der Waals surface area contributed by atoms with Crippen LogP contribution in [0.4, 0.5) is 5.69 Å². The monoisotopic (exact) mass is 627 g/mol. The van der Waals surface area contributed by atoms with E-state index in [1.165, 1.54) is 28.0 Å².